The molecule has 3 atom stereocenters. The average Bonchev–Trinajstić information content (AvgIpc) is 3.06. The Labute approximate surface area is 158 Å². The highest BCUT2D eigenvalue weighted by molar-refractivity contribution is 6.07. The predicted octanol–water partition coefficient (Wildman–Crippen LogP) is 1.18. The van der Waals surface area contributed by atoms with E-state index in [-0.39, 0.29) is 30.3 Å². The van der Waals surface area contributed by atoms with Gasteiger partial charge in [0, 0.05) is 23.7 Å². The van der Waals surface area contributed by atoms with Crippen molar-refractivity contribution >= 4 is 30.3 Å². The fourth-order valence-electron chi connectivity index (χ4n) is 4.15. The van der Waals surface area contributed by atoms with Crippen LogP contribution in [0.1, 0.15) is 48.5 Å². The van der Waals surface area contributed by atoms with Gasteiger partial charge in [-0.1, -0.05) is 12.1 Å². The van der Waals surface area contributed by atoms with E-state index in [9.17, 15) is 14.4 Å². The maximum atomic E-state index is 12.5. The van der Waals surface area contributed by atoms with Crippen LogP contribution in [0.3, 0.4) is 0 Å². The summed E-state index contributed by atoms with van der Waals surface area (Å²) in [7, 11) is 0. The lowest BCUT2D eigenvalue weighted by atomic mass is 9.91. The zero-order valence-electron chi connectivity index (χ0n) is 14.5. The minimum absolute atomic E-state index is 0. The molecule has 0 saturated carbocycles. The van der Waals surface area contributed by atoms with E-state index < -0.39 is 11.6 Å². The van der Waals surface area contributed by atoms with Gasteiger partial charge in [0.25, 0.3) is 11.8 Å². The van der Waals surface area contributed by atoms with Crippen molar-refractivity contribution in [3.8, 4) is 0 Å². The fourth-order valence-corrected chi connectivity index (χ4v) is 4.15. The SMILES string of the molecule is CC1(c2ccc(C(=O)NC3CC4CCC(C3)N4)cc2)NC(=O)NC1=O.Cl. The monoisotopic (exact) mass is 378 g/mol. The molecule has 3 heterocycles. The number of piperidine rings is 1. The van der Waals surface area contributed by atoms with Crippen LogP contribution in [0.2, 0.25) is 0 Å². The van der Waals surface area contributed by atoms with Gasteiger partial charge in [-0.25, -0.2) is 4.79 Å². The molecule has 0 aromatic heterocycles. The van der Waals surface area contributed by atoms with Crippen molar-refractivity contribution in [1.82, 2.24) is 21.3 Å². The molecule has 3 aliphatic heterocycles. The molecule has 0 radical (unpaired) electrons. The second-order valence-corrected chi connectivity index (χ2v) is 7.39. The van der Waals surface area contributed by atoms with Crippen molar-refractivity contribution in [2.75, 3.05) is 0 Å². The molecule has 0 aliphatic carbocycles. The van der Waals surface area contributed by atoms with E-state index in [2.05, 4.69) is 21.3 Å². The summed E-state index contributed by atoms with van der Waals surface area (Å²) >= 11 is 0. The van der Waals surface area contributed by atoms with Gasteiger partial charge in [0.2, 0.25) is 0 Å². The predicted molar refractivity (Wildman–Crippen MR) is 98.2 cm³/mol. The number of halogens is 1. The normalized spacial score (nSPS) is 32.4. The van der Waals surface area contributed by atoms with E-state index >= 15 is 0 Å². The Morgan fingerprint density at radius 1 is 1.12 bits per heavy atom. The van der Waals surface area contributed by atoms with Gasteiger partial charge in [-0.2, -0.15) is 0 Å². The molecule has 2 bridgehead atoms. The lowest BCUT2D eigenvalue weighted by molar-refractivity contribution is -0.123. The van der Waals surface area contributed by atoms with E-state index in [1.807, 2.05) is 0 Å². The third-order valence-electron chi connectivity index (χ3n) is 5.58. The first-order chi connectivity index (χ1) is 11.9. The molecular weight excluding hydrogens is 356 g/mol. The summed E-state index contributed by atoms with van der Waals surface area (Å²) in [6.07, 6.45) is 4.34. The van der Waals surface area contributed by atoms with Crippen LogP contribution in [0.5, 0.6) is 0 Å². The first-order valence-corrected chi connectivity index (χ1v) is 8.75. The van der Waals surface area contributed by atoms with Crippen LogP contribution in [0.25, 0.3) is 0 Å². The standard InChI is InChI=1S/C18H22N4O3.ClH/c1-18(16(24)21-17(25)22-18)11-4-2-10(3-5-11)15(23)20-14-8-12-6-7-13(9-14)19-12;/h2-5,12-14,19H,6-9H2,1H3,(H,20,23)(H2,21,22,24,25);1H. The van der Waals surface area contributed by atoms with Gasteiger partial charge in [-0.05, 0) is 50.3 Å². The Morgan fingerprint density at radius 3 is 2.27 bits per heavy atom. The first-order valence-electron chi connectivity index (χ1n) is 8.75. The summed E-state index contributed by atoms with van der Waals surface area (Å²) in [6, 6.07) is 7.58. The summed E-state index contributed by atoms with van der Waals surface area (Å²) in [5.41, 5.74) is 0.107. The van der Waals surface area contributed by atoms with Crippen molar-refractivity contribution < 1.29 is 14.4 Å². The molecule has 1 aromatic carbocycles. The van der Waals surface area contributed by atoms with E-state index in [1.54, 1.807) is 31.2 Å². The highest BCUT2D eigenvalue weighted by Gasteiger charge is 2.43. The van der Waals surface area contributed by atoms with Crippen molar-refractivity contribution in [2.45, 2.75) is 56.3 Å². The second-order valence-electron chi connectivity index (χ2n) is 7.39. The molecule has 26 heavy (non-hydrogen) atoms. The van der Waals surface area contributed by atoms with E-state index in [1.165, 1.54) is 12.8 Å². The van der Waals surface area contributed by atoms with Crippen LogP contribution < -0.4 is 21.3 Å². The minimum Gasteiger partial charge on any atom is -0.349 e. The fraction of sp³-hybridized carbons (Fsp3) is 0.500. The molecule has 0 spiro atoms. The Kier molecular flexibility index (Phi) is 4.94. The van der Waals surface area contributed by atoms with Crippen molar-refractivity contribution in [1.29, 1.82) is 0 Å². The highest BCUT2D eigenvalue weighted by atomic mass is 35.5. The highest BCUT2D eigenvalue weighted by Crippen LogP contribution is 2.27. The molecule has 3 saturated heterocycles. The number of fused-ring (bicyclic) bond motifs is 2. The van der Waals surface area contributed by atoms with Crippen LogP contribution >= 0.6 is 12.4 Å². The third-order valence-corrected chi connectivity index (χ3v) is 5.58. The van der Waals surface area contributed by atoms with E-state index in [4.69, 9.17) is 0 Å². The summed E-state index contributed by atoms with van der Waals surface area (Å²) in [5, 5.41) is 11.5. The number of nitrogens with one attached hydrogen (secondary N) is 4. The van der Waals surface area contributed by atoms with Gasteiger partial charge in [-0.3, -0.25) is 14.9 Å². The zero-order chi connectivity index (χ0) is 17.6. The Hall–Kier alpha value is -2.12. The molecule has 4 amide bonds. The molecule has 8 heteroatoms. The van der Waals surface area contributed by atoms with Crippen LogP contribution in [0.15, 0.2) is 24.3 Å². The Bertz CT molecular complexity index is 726. The lowest BCUT2D eigenvalue weighted by Crippen LogP contribution is -2.48. The number of hydrogen-bond donors (Lipinski definition) is 4. The lowest BCUT2D eigenvalue weighted by Gasteiger charge is -2.29. The van der Waals surface area contributed by atoms with Crippen molar-refractivity contribution in [2.24, 2.45) is 0 Å². The molecule has 3 unspecified atom stereocenters. The maximum Gasteiger partial charge on any atom is 0.322 e. The van der Waals surface area contributed by atoms with Gasteiger partial charge in [0.1, 0.15) is 5.54 Å². The maximum absolute atomic E-state index is 12.5. The zero-order valence-corrected chi connectivity index (χ0v) is 15.3. The number of rotatable bonds is 3. The average molecular weight is 379 g/mol. The first kappa shape index (κ1) is 18.7. The van der Waals surface area contributed by atoms with Crippen LogP contribution in [0.4, 0.5) is 4.79 Å². The van der Waals surface area contributed by atoms with Gasteiger partial charge < -0.3 is 16.0 Å². The number of amides is 4. The number of urea groups is 1. The topological polar surface area (TPSA) is 99.3 Å². The molecule has 1 aromatic rings. The Morgan fingerprint density at radius 2 is 1.73 bits per heavy atom. The number of imide groups is 1. The van der Waals surface area contributed by atoms with Crippen LogP contribution in [-0.2, 0) is 10.3 Å². The summed E-state index contributed by atoms with van der Waals surface area (Å²) in [5.74, 6) is -0.484. The van der Waals surface area contributed by atoms with Gasteiger partial charge >= 0.3 is 6.03 Å². The number of carbonyl (C=O) groups excluding carboxylic acids is 3. The largest absolute Gasteiger partial charge is 0.349 e. The minimum atomic E-state index is -1.10. The quantitative estimate of drug-likeness (QED) is 0.593. The summed E-state index contributed by atoms with van der Waals surface area (Å²) in [4.78, 5) is 35.9. The molecule has 3 aliphatic rings. The molecule has 3 fully saturated rings. The van der Waals surface area contributed by atoms with Crippen LogP contribution in [0, 0.1) is 0 Å². The van der Waals surface area contributed by atoms with E-state index in [0.717, 1.165) is 12.8 Å². The van der Waals surface area contributed by atoms with Crippen molar-refractivity contribution in [3.05, 3.63) is 35.4 Å². The smallest absolute Gasteiger partial charge is 0.322 e. The molecular formula is C18H23ClN4O3. The van der Waals surface area contributed by atoms with Gasteiger partial charge in [-0.15, -0.1) is 12.4 Å². The van der Waals surface area contributed by atoms with Crippen LogP contribution in [-0.4, -0.2) is 36.0 Å². The molecule has 140 valence electrons. The molecule has 4 N–H and O–H groups in total. The number of hydrogen-bond acceptors (Lipinski definition) is 4. The molecule has 4 rings (SSSR count). The molecule has 7 nitrogen and oxygen atoms in total. The van der Waals surface area contributed by atoms with Gasteiger partial charge in [0.15, 0.2) is 0 Å². The number of benzene rings is 1. The summed E-state index contributed by atoms with van der Waals surface area (Å²) < 4.78 is 0. The Balaban J connectivity index is 0.00000196. The van der Waals surface area contributed by atoms with E-state index in [0.29, 0.717) is 23.2 Å². The van der Waals surface area contributed by atoms with Crippen molar-refractivity contribution in [3.63, 3.8) is 0 Å². The van der Waals surface area contributed by atoms with Gasteiger partial charge in [0.05, 0.1) is 0 Å². The third kappa shape index (κ3) is 3.29. The number of carbonyl (C=O) groups is 3. The summed E-state index contributed by atoms with van der Waals surface area (Å²) in [6.45, 7) is 1.65. The second kappa shape index (κ2) is 6.89.